The Kier molecular flexibility index (Phi) is 7.91. The molecule has 7 heteroatoms. The Balaban J connectivity index is 1.88. The number of nitrogens with one attached hydrogen (secondary N) is 2. The molecule has 1 amide bonds. The lowest BCUT2D eigenvalue weighted by Crippen LogP contribution is -2.24. The summed E-state index contributed by atoms with van der Waals surface area (Å²) in [5, 5.41) is 6.04. The Morgan fingerprint density at radius 1 is 1.44 bits per heavy atom. The minimum absolute atomic E-state index is 0.0314. The molecule has 140 valence electrons. The average molecular weight is 356 g/mol. The van der Waals surface area contributed by atoms with Crippen LogP contribution in [0.4, 0.5) is 8.78 Å². The summed E-state index contributed by atoms with van der Waals surface area (Å²) in [7, 11) is 0. The molecule has 1 heterocycles. The fourth-order valence-corrected chi connectivity index (χ4v) is 2.77. The lowest BCUT2D eigenvalue weighted by atomic mass is 10.0. The number of amides is 1. The summed E-state index contributed by atoms with van der Waals surface area (Å²) < 4.78 is 35.2. The molecule has 1 aromatic carbocycles. The topological polar surface area (TPSA) is 59.6 Å². The molecule has 1 saturated heterocycles. The van der Waals surface area contributed by atoms with E-state index in [0.29, 0.717) is 30.3 Å². The highest BCUT2D eigenvalue weighted by Gasteiger charge is 2.16. The SMILES string of the molecule is CCCOc1ccc(CNC(=O)CCC2CCNC2)c(OC(F)F)c1. The van der Waals surface area contributed by atoms with Crippen LogP contribution in [0.3, 0.4) is 0 Å². The van der Waals surface area contributed by atoms with Crippen LogP contribution in [0.1, 0.15) is 38.2 Å². The van der Waals surface area contributed by atoms with Crippen molar-refractivity contribution in [3.63, 3.8) is 0 Å². The third-order valence-electron chi connectivity index (χ3n) is 4.15. The van der Waals surface area contributed by atoms with Gasteiger partial charge in [-0.3, -0.25) is 4.79 Å². The molecule has 25 heavy (non-hydrogen) atoms. The standard InChI is InChI=1S/C18H26F2N2O3/c1-2-9-24-15-5-4-14(16(10-15)25-18(19)20)12-22-17(23)6-3-13-7-8-21-11-13/h4-5,10,13,18,21H,2-3,6-9,11-12H2,1H3,(H,22,23). The van der Waals surface area contributed by atoms with Crippen LogP contribution in [0.2, 0.25) is 0 Å². The van der Waals surface area contributed by atoms with Gasteiger partial charge in [0.1, 0.15) is 11.5 Å². The quantitative estimate of drug-likeness (QED) is 0.676. The van der Waals surface area contributed by atoms with Crippen LogP contribution in [0.15, 0.2) is 18.2 Å². The Morgan fingerprint density at radius 2 is 2.28 bits per heavy atom. The molecule has 1 atom stereocenters. The molecule has 0 aliphatic carbocycles. The fraction of sp³-hybridized carbons (Fsp3) is 0.611. The summed E-state index contributed by atoms with van der Waals surface area (Å²) in [4.78, 5) is 12.0. The number of hydrogen-bond acceptors (Lipinski definition) is 4. The van der Waals surface area contributed by atoms with Crippen LogP contribution >= 0.6 is 0 Å². The molecule has 0 spiro atoms. The van der Waals surface area contributed by atoms with Crippen molar-refractivity contribution in [1.82, 2.24) is 10.6 Å². The molecule has 5 nitrogen and oxygen atoms in total. The van der Waals surface area contributed by atoms with E-state index in [1.54, 1.807) is 12.1 Å². The lowest BCUT2D eigenvalue weighted by molar-refractivity contribution is -0.121. The number of ether oxygens (including phenoxy) is 2. The van der Waals surface area contributed by atoms with Gasteiger partial charge in [-0.2, -0.15) is 8.78 Å². The Morgan fingerprint density at radius 3 is 2.96 bits per heavy atom. The highest BCUT2D eigenvalue weighted by molar-refractivity contribution is 5.75. The summed E-state index contributed by atoms with van der Waals surface area (Å²) >= 11 is 0. The molecular formula is C18H26F2N2O3. The van der Waals surface area contributed by atoms with Gasteiger partial charge in [0.25, 0.3) is 0 Å². The van der Waals surface area contributed by atoms with E-state index in [2.05, 4.69) is 15.4 Å². The maximum absolute atomic E-state index is 12.6. The Hall–Kier alpha value is -1.89. The first-order chi connectivity index (χ1) is 12.1. The van der Waals surface area contributed by atoms with Gasteiger partial charge in [-0.25, -0.2) is 0 Å². The molecule has 0 saturated carbocycles. The highest BCUT2D eigenvalue weighted by Crippen LogP contribution is 2.27. The molecule has 2 N–H and O–H groups in total. The van der Waals surface area contributed by atoms with Gasteiger partial charge in [0, 0.05) is 24.6 Å². The van der Waals surface area contributed by atoms with E-state index < -0.39 is 6.61 Å². The summed E-state index contributed by atoms with van der Waals surface area (Å²) in [5.74, 6) is 0.963. The Bertz CT molecular complexity index is 549. The van der Waals surface area contributed by atoms with Gasteiger partial charge >= 0.3 is 6.61 Å². The van der Waals surface area contributed by atoms with Crippen molar-refractivity contribution in [2.75, 3.05) is 19.7 Å². The zero-order valence-corrected chi connectivity index (χ0v) is 14.5. The first-order valence-electron chi connectivity index (χ1n) is 8.76. The van der Waals surface area contributed by atoms with Gasteiger partial charge < -0.3 is 20.1 Å². The van der Waals surface area contributed by atoms with Gasteiger partial charge in [0.15, 0.2) is 0 Å². The maximum Gasteiger partial charge on any atom is 0.387 e. The summed E-state index contributed by atoms with van der Waals surface area (Å²) in [6.07, 6.45) is 3.19. The number of alkyl halides is 2. The fourth-order valence-electron chi connectivity index (χ4n) is 2.77. The van der Waals surface area contributed by atoms with Crippen LogP contribution in [-0.2, 0) is 11.3 Å². The molecule has 1 unspecified atom stereocenters. The first kappa shape index (κ1) is 19.4. The van der Waals surface area contributed by atoms with E-state index >= 15 is 0 Å². The van der Waals surface area contributed by atoms with E-state index in [1.165, 1.54) is 6.07 Å². The van der Waals surface area contributed by atoms with Gasteiger partial charge in [0.2, 0.25) is 5.91 Å². The van der Waals surface area contributed by atoms with E-state index in [0.717, 1.165) is 32.4 Å². The van der Waals surface area contributed by atoms with E-state index in [1.807, 2.05) is 6.92 Å². The largest absolute Gasteiger partial charge is 0.493 e. The molecule has 2 rings (SSSR count). The third kappa shape index (κ3) is 6.86. The minimum Gasteiger partial charge on any atom is -0.493 e. The van der Waals surface area contributed by atoms with Crippen molar-refractivity contribution in [3.05, 3.63) is 23.8 Å². The lowest BCUT2D eigenvalue weighted by Gasteiger charge is -2.14. The zero-order chi connectivity index (χ0) is 18.1. The van der Waals surface area contributed by atoms with Gasteiger partial charge in [0.05, 0.1) is 6.61 Å². The first-order valence-corrected chi connectivity index (χ1v) is 8.76. The van der Waals surface area contributed by atoms with Gasteiger partial charge in [-0.1, -0.05) is 6.92 Å². The second-order valence-electron chi connectivity index (χ2n) is 6.17. The maximum atomic E-state index is 12.6. The van der Waals surface area contributed by atoms with Crippen molar-refractivity contribution in [3.8, 4) is 11.5 Å². The minimum atomic E-state index is -2.93. The average Bonchev–Trinajstić information content (AvgIpc) is 3.10. The summed E-state index contributed by atoms with van der Waals surface area (Å²) in [6, 6.07) is 4.77. The predicted molar refractivity (Wildman–Crippen MR) is 90.9 cm³/mol. The van der Waals surface area contributed by atoms with Gasteiger partial charge in [-0.05, 0) is 50.4 Å². The van der Waals surface area contributed by atoms with Crippen LogP contribution in [-0.4, -0.2) is 32.2 Å². The second-order valence-corrected chi connectivity index (χ2v) is 6.17. The molecule has 1 aromatic rings. The molecule has 1 fully saturated rings. The van der Waals surface area contributed by atoms with Crippen molar-refractivity contribution in [2.45, 2.75) is 45.8 Å². The molecule has 0 bridgehead atoms. The number of benzene rings is 1. The monoisotopic (exact) mass is 356 g/mol. The molecular weight excluding hydrogens is 330 g/mol. The van der Waals surface area contributed by atoms with Crippen LogP contribution in [0, 0.1) is 5.92 Å². The number of carbonyl (C=O) groups excluding carboxylic acids is 1. The number of halogens is 2. The number of hydrogen-bond donors (Lipinski definition) is 2. The van der Waals surface area contributed by atoms with Crippen LogP contribution < -0.4 is 20.1 Å². The molecule has 1 aliphatic heterocycles. The van der Waals surface area contributed by atoms with Crippen molar-refractivity contribution in [1.29, 1.82) is 0 Å². The highest BCUT2D eigenvalue weighted by atomic mass is 19.3. The van der Waals surface area contributed by atoms with E-state index in [9.17, 15) is 13.6 Å². The van der Waals surface area contributed by atoms with Gasteiger partial charge in [-0.15, -0.1) is 0 Å². The molecule has 0 aromatic heterocycles. The predicted octanol–water partition coefficient (Wildman–Crippen LogP) is 3.08. The van der Waals surface area contributed by atoms with Crippen LogP contribution in [0.25, 0.3) is 0 Å². The summed E-state index contributed by atoms with van der Waals surface area (Å²) in [5.41, 5.74) is 0.500. The van der Waals surface area contributed by atoms with Crippen molar-refractivity contribution >= 4 is 5.91 Å². The summed E-state index contributed by atoms with van der Waals surface area (Å²) in [6.45, 7) is 1.65. The molecule has 0 radical (unpaired) electrons. The number of rotatable bonds is 10. The normalized spacial score (nSPS) is 16.9. The zero-order valence-electron chi connectivity index (χ0n) is 14.5. The third-order valence-corrected chi connectivity index (χ3v) is 4.15. The number of carbonyl (C=O) groups is 1. The van der Waals surface area contributed by atoms with Crippen molar-refractivity contribution < 1.29 is 23.0 Å². The van der Waals surface area contributed by atoms with E-state index in [-0.39, 0.29) is 18.2 Å². The smallest absolute Gasteiger partial charge is 0.387 e. The Labute approximate surface area is 147 Å². The van der Waals surface area contributed by atoms with E-state index in [4.69, 9.17) is 4.74 Å². The molecule has 1 aliphatic rings. The van der Waals surface area contributed by atoms with Crippen molar-refractivity contribution in [2.24, 2.45) is 5.92 Å². The van der Waals surface area contributed by atoms with Crippen LogP contribution in [0.5, 0.6) is 11.5 Å². The second kappa shape index (κ2) is 10.2.